The van der Waals surface area contributed by atoms with E-state index in [4.69, 9.17) is 15.2 Å². The number of nitrogens with one attached hydrogen (secondary N) is 1. The van der Waals surface area contributed by atoms with Crippen LogP contribution in [0.5, 0.6) is 5.75 Å². The Morgan fingerprint density at radius 2 is 2.09 bits per heavy atom. The third-order valence-electron chi connectivity index (χ3n) is 4.72. The number of methoxy groups -OCH3 is 1. The molecule has 1 saturated heterocycles. The first-order chi connectivity index (χ1) is 15.4. The number of benzene rings is 1. The Bertz CT molecular complexity index is 1240. The van der Waals surface area contributed by atoms with Crippen molar-refractivity contribution in [2.75, 3.05) is 50.2 Å². The van der Waals surface area contributed by atoms with Crippen LogP contribution in [0.3, 0.4) is 0 Å². The molecule has 170 valence electrons. The fourth-order valence-corrected chi connectivity index (χ4v) is 6.04. The molecule has 0 aliphatic carbocycles. The van der Waals surface area contributed by atoms with Gasteiger partial charge in [-0.3, -0.25) is 4.79 Å². The molecule has 0 saturated carbocycles. The van der Waals surface area contributed by atoms with Gasteiger partial charge in [0, 0.05) is 13.1 Å². The van der Waals surface area contributed by atoms with Gasteiger partial charge in [-0.25, -0.2) is 18.4 Å². The van der Waals surface area contributed by atoms with Crippen LogP contribution in [0, 0.1) is 0 Å². The smallest absolute Gasteiger partial charge is 0.243 e. The first-order valence-electron chi connectivity index (χ1n) is 9.58. The Morgan fingerprint density at radius 1 is 1.31 bits per heavy atom. The molecule has 3 N–H and O–H groups in total. The van der Waals surface area contributed by atoms with Crippen LogP contribution < -0.4 is 15.8 Å². The molecule has 0 radical (unpaired) electrons. The zero-order valence-corrected chi connectivity index (χ0v) is 19.6. The summed E-state index contributed by atoms with van der Waals surface area (Å²) in [4.78, 5) is 22.0. The van der Waals surface area contributed by atoms with Crippen LogP contribution in [-0.2, 0) is 19.6 Å². The lowest BCUT2D eigenvalue weighted by atomic mass is 10.3. The molecule has 1 aromatic carbocycles. The average Bonchev–Trinajstić information content (AvgIpc) is 3.27. The van der Waals surface area contributed by atoms with Gasteiger partial charge in [0.05, 0.1) is 42.0 Å². The first kappa shape index (κ1) is 22.7. The summed E-state index contributed by atoms with van der Waals surface area (Å²) >= 11 is 2.58. The van der Waals surface area contributed by atoms with Gasteiger partial charge < -0.3 is 20.5 Å². The number of aromatic nitrogens is 2. The summed E-state index contributed by atoms with van der Waals surface area (Å²) in [5.41, 5.74) is 6.21. The lowest BCUT2D eigenvalue weighted by Gasteiger charge is -2.26. The topological polar surface area (TPSA) is 137 Å². The van der Waals surface area contributed by atoms with Crippen molar-refractivity contribution in [1.82, 2.24) is 14.3 Å². The number of carbonyl (C=O) groups excluding carboxylic acids is 1. The second-order valence-corrected chi connectivity index (χ2v) is 10.5. The third-order valence-corrected chi connectivity index (χ3v) is 8.27. The SMILES string of the molecule is COc1ccc(S(=O)(=O)N2CCOCC2)cc1NC(=O)CSc1nc(N)c2ccsc2n1. The fraction of sp³-hybridized carbons (Fsp3) is 0.316. The number of carbonyl (C=O) groups is 1. The van der Waals surface area contributed by atoms with E-state index in [1.54, 1.807) is 0 Å². The maximum absolute atomic E-state index is 12.9. The Hall–Kier alpha value is -2.45. The highest BCUT2D eigenvalue weighted by molar-refractivity contribution is 7.99. The van der Waals surface area contributed by atoms with Crippen LogP contribution in [-0.4, -0.2) is 67.8 Å². The van der Waals surface area contributed by atoms with Crippen LogP contribution in [0.25, 0.3) is 10.2 Å². The van der Waals surface area contributed by atoms with Gasteiger partial charge in [-0.15, -0.1) is 11.3 Å². The molecule has 10 nitrogen and oxygen atoms in total. The average molecular weight is 496 g/mol. The van der Waals surface area contributed by atoms with Crippen molar-refractivity contribution in [2.24, 2.45) is 0 Å². The van der Waals surface area contributed by atoms with Crippen molar-refractivity contribution in [3.63, 3.8) is 0 Å². The Balaban J connectivity index is 1.48. The molecule has 0 unspecified atom stereocenters. The van der Waals surface area contributed by atoms with E-state index >= 15 is 0 Å². The molecule has 1 aliphatic heterocycles. The van der Waals surface area contributed by atoms with E-state index in [-0.39, 0.29) is 35.3 Å². The third kappa shape index (κ3) is 4.81. The van der Waals surface area contributed by atoms with E-state index in [2.05, 4.69) is 15.3 Å². The molecule has 3 aromatic rings. The van der Waals surface area contributed by atoms with E-state index in [1.165, 1.54) is 41.0 Å². The number of fused-ring (bicyclic) bond motifs is 1. The Labute approximate surface area is 193 Å². The number of nitrogen functional groups attached to an aromatic ring is 1. The number of morpholine rings is 1. The van der Waals surface area contributed by atoms with Gasteiger partial charge in [-0.05, 0) is 29.6 Å². The van der Waals surface area contributed by atoms with Gasteiger partial charge in [-0.1, -0.05) is 11.8 Å². The minimum Gasteiger partial charge on any atom is -0.495 e. The van der Waals surface area contributed by atoms with Gasteiger partial charge in [0.15, 0.2) is 5.16 Å². The lowest BCUT2D eigenvalue weighted by molar-refractivity contribution is -0.113. The molecule has 1 amide bonds. The predicted octanol–water partition coefficient (Wildman–Crippen LogP) is 2.03. The summed E-state index contributed by atoms with van der Waals surface area (Å²) in [6.45, 7) is 1.26. The number of nitrogens with two attached hydrogens (primary N) is 1. The zero-order chi connectivity index (χ0) is 22.7. The molecule has 0 spiro atoms. The standard InChI is InChI=1S/C19H21N5O5S3/c1-28-15-3-2-12(32(26,27)24-5-7-29-8-6-24)10-14(15)21-16(25)11-31-19-22-17(20)13-4-9-30-18(13)23-19/h2-4,9-10H,5-8,11H2,1H3,(H,21,25)(H2,20,22,23). The summed E-state index contributed by atoms with van der Waals surface area (Å²) in [6, 6.07) is 6.23. The molecular formula is C19H21N5O5S3. The van der Waals surface area contributed by atoms with Crippen LogP contribution in [0.1, 0.15) is 0 Å². The summed E-state index contributed by atoms with van der Waals surface area (Å²) in [7, 11) is -2.26. The minimum atomic E-state index is -3.71. The van der Waals surface area contributed by atoms with Crippen LogP contribution >= 0.6 is 23.1 Å². The van der Waals surface area contributed by atoms with Crippen LogP contribution in [0.2, 0.25) is 0 Å². The molecule has 2 aromatic heterocycles. The summed E-state index contributed by atoms with van der Waals surface area (Å²) in [5.74, 6) is 0.370. The number of thioether (sulfide) groups is 1. The largest absolute Gasteiger partial charge is 0.495 e. The number of ether oxygens (including phenoxy) is 2. The number of rotatable bonds is 7. The highest BCUT2D eigenvalue weighted by Crippen LogP contribution is 2.30. The van der Waals surface area contributed by atoms with Crippen molar-refractivity contribution in [2.45, 2.75) is 10.1 Å². The molecular weight excluding hydrogens is 474 g/mol. The number of amides is 1. The second-order valence-electron chi connectivity index (χ2n) is 6.75. The van der Waals surface area contributed by atoms with Crippen molar-refractivity contribution in [3.8, 4) is 5.75 Å². The lowest BCUT2D eigenvalue weighted by Crippen LogP contribution is -2.40. The highest BCUT2D eigenvalue weighted by atomic mass is 32.2. The van der Waals surface area contributed by atoms with Crippen molar-refractivity contribution in [3.05, 3.63) is 29.6 Å². The zero-order valence-electron chi connectivity index (χ0n) is 17.1. The molecule has 0 atom stereocenters. The number of hydrogen-bond acceptors (Lipinski definition) is 10. The van der Waals surface area contributed by atoms with Gasteiger partial charge in [0.1, 0.15) is 16.4 Å². The molecule has 32 heavy (non-hydrogen) atoms. The highest BCUT2D eigenvalue weighted by Gasteiger charge is 2.27. The number of nitrogens with zero attached hydrogens (tertiary/aromatic N) is 3. The Morgan fingerprint density at radius 3 is 2.84 bits per heavy atom. The monoisotopic (exact) mass is 495 g/mol. The second kappa shape index (κ2) is 9.58. The molecule has 4 rings (SSSR count). The number of anilines is 2. The number of sulfonamides is 1. The van der Waals surface area contributed by atoms with Crippen LogP contribution in [0.4, 0.5) is 11.5 Å². The van der Waals surface area contributed by atoms with Gasteiger partial charge in [0.25, 0.3) is 0 Å². The maximum atomic E-state index is 12.9. The summed E-state index contributed by atoms with van der Waals surface area (Å²) < 4.78 is 37.8. The molecule has 13 heteroatoms. The molecule has 1 fully saturated rings. The van der Waals surface area contributed by atoms with E-state index in [0.717, 1.165) is 22.0 Å². The van der Waals surface area contributed by atoms with Gasteiger partial charge in [-0.2, -0.15) is 4.31 Å². The van der Waals surface area contributed by atoms with Gasteiger partial charge in [0.2, 0.25) is 15.9 Å². The van der Waals surface area contributed by atoms with Crippen molar-refractivity contribution in [1.29, 1.82) is 0 Å². The normalized spacial score (nSPS) is 15.0. The van der Waals surface area contributed by atoms with E-state index < -0.39 is 10.0 Å². The van der Waals surface area contributed by atoms with E-state index in [9.17, 15) is 13.2 Å². The maximum Gasteiger partial charge on any atom is 0.243 e. The quantitative estimate of drug-likeness (QED) is 0.372. The Kier molecular flexibility index (Phi) is 6.81. The molecule has 3 heterocycles. The van der Waals surface area contributed by atoms with Crippen molar-refractivity contribution < 1.29 is 22.7 Å². The molecule has 1 aliphatic rings. The number of thiophene rings is 1. The molecule has 0 bridgehead atoms. The van der Waals surface area contributed by atoms with E-state index in [1.807, 2.05) is 11.4 Å². The van der Waals surface area contributed by atoms with Crippen molar-refractivity contribution >= 4 is 60.8 Å². The first-order valence-corrected chi connectivity index (χ1v) is 12.9. The van der Waals surface area contributed by atoms with E-state index in [0.29, 0.717) is 29.9 Å². The number of hydrogen-bond donors (Lipinski definition) is 2. The minimum absolute atomic E-state index is 0.0138. The summed E-state index contributed by atoms with van der Waals surface area (Å²) in [5, 5.41) is 5.77. The summed E-state index contributed by atoms with van der Waals surface area (Å²) in [6.07, 6.45) is 0. The fourth-order valence-electron chi connectivity index (χ4n) is 3.12. The van der Waals surface area contributed by atoms with Gasteiger partial charge >= 0.3 is 0 Å². The predicted molar refractivity (Wildman–Crippen MR) is 124 cm³/mol. The van der Waals surface area contributed by atoms with Crippen LogP contribution in [0.15, 0.2) is 39.7 Å².